The first-order valence-corrected chi connectivity index (χ1v) is 5.61. The summed E-state index contributed by atoms with van der Waals surface area (Å²) in [6.45, 7) is 3.63. The highest BCUT2D eigenvalue weighted by Crippen LogP contribution is 2.19. The molecule has 0 aromatic heterocycles. The maximum Gasteiger partial charge on any atom is 0.0244 e. The highest BCUT2D eigenvalue weighted by Gasteiger charge is 2.12. The second kappa shape index (κ2) is 4.25. The Morgan fingerprint density at radius 2 is 1.85 bits per heavy atom. The van der Waals surface area contributed by atoms with Crippen molar-refractivity contribution in [3.63, 3.8) is 0 Å². The lowest BCUT2D eigenvalue weighted by atomic mass is 10.2. The third kappa shape index (κ3) is 2.32. The minimum atomic E-state index is 1.10. The average molecular weight is 240 g/mol. The zero-order chi connectivity index (χ0) is 9.10. The summed E-state index contributed by atoms with van der Waals surface area (Å²) < 4.78 is 1.24. The second-order valence-electron chi connectivity index (χ2n) is 3.57. The molecule has 13 heavy (non-hydrogen) atoms. The highest BCUT2D eigenvalue weighted by molar-refractivity contribution is 9.10. The van der Waals surface area contributed by atoms with Gasteiger partial charge < -0.3 is 0 Å². The van der Waals surface area contributed by atoms with Gasteiger partial charge in [0.1, 0.15) is 0 Å². The Bertz CT molecular complexity index is 279. The molecule has 1 fully saturated rings. The van der Waals surface area contributed by atoms with Crippen molar-refractivity contribution in [1.29, 1.82) is 0 Å². The third-order valence-electron chi connectivity index (χ3n) is 2.55. The minimum absolute atomic E-state index is 1.10. The van der Waals surface area contributed by atoms with Crippen molar-refractivity contribution in [1.82, 2.24) is 4.90 Å². The summed E-state index contributed by atoms with van der Waals surface area (Å²) in [5, 5.41) is 0. The molecule has 1 aliphatic heterocycles. The fourth-order valence-corrected chi connectivity index (χ4v) is 2.22. The van der Waals surface area contributed by atoms with Crippen molar-refractivity contribution in [2.45, 2.75) is 19.4 Å². The Morgan fingerprint density at radius 3 is 2.54 bits per heavy atom. The van der Waals surface area contributed by atoms with Crippen LogP contribution in [0.1, 0.15) is 18.4 Å². The molecule has 0 amide bonds. The van der Waals surface area contributed by atoms with Crippen LogP contribution >= 0.6 is 15.9 Å². The van der Waals surface area contributed by atoms with Crippen LogP contribution in [0.4, 0.5) is 0 Å². The van der Waals surface area contributed by atoms with Gasteiger partial charge in [-0.25, -0.2) is 0 Å². The topological polar surface area (TPSA) is 3.24 Å². The van der Waals surface area contributed by atoms with Crippen molar-refractivity contribution in [2.75, 3.05) is 13.1 Å². The number of halogens is 1. The third-order valence-corrected chi connectivity index (χ3v) is 3.32. The van der Waals surface area contributed by atoms with Crippen LogP contribution in [0.15, 0.2) is 28.7 Å². The molecule has 0 saturated carbocycles. The molecule has 0 N–H and O–H groups in total. The molecule has 70 valence electrons. The van der Waals surface area contributed by atoms with Gasteiger partial charge in [0.2, 0.25) is 0 Å². The van der Waals surface area contributed by atoms with E-state index in [4.69, 9.17) is 0 Å². The Morgan fingerprint density at radius 1 is 1.15 bits per heavy atom. The zero-order valence-electron chi connectivity index (χ0n) is 7.67. The minimum Gasteiger partial charge on any atom is -0.299 e. The van der Waals surface area contributed by atoms with Crippen LogP contribution < -0.4 is 0 Å². The van der Waals surface area contributed by atoms with Crippen LogP contribution in [0.25, 0.3) is 0 Å². The molecule has 0 bridgehead atoms. The van der Waals surface area contributed by atoms with Gasteiger partial charge in [0.25, 0.3) is 0 Å². The molecule has 1 nitrogen and oxygen atoms in total. The standard InChI is InChI=1S/C11H14BrN/c12-11-6-2-1-5-10(11)9-13-7-3-4-8-13/h1-2,5-6H,3-4,7-9H2. The first-order chi connectivity index (χ1) is 6.36. The number of benzene rings is 1. The van der Waals surface area contributed by atoms with Crippen LogP contribution in [0.2, 0.25) is 0 Å². The number of hydrogen-bond acceptors (Lipinski definition) is 1. The monoisotopic (exact) mass is 239 g/mol. The van der Waals surface area contributed by atoms with E-state index in [0.29, 0.717) is 0 Å². The molecule has 0 unspecified atom stereocenters. The van der Waals surface area contributed by atoms with E-state index >= 15 is 0 Å². The van der Waals surface area contributed by atoms with E-state index in [-0.39, 0.29) is 0 Å². The van der Waals surface area contributed by atoms with E-state index in [2.05, 4.69) is 45.1 Å². The van der Waals surface area contributed by atoms with Gasteiger partial charge in [-0.3, -0.25) is 4.90 Å². The number of rotatable bonds is 2. The Balaban J connectivity index is 2.04. The maximum atomic E-state index is 3.58. The SMILES string of the molecule is Brc1ccccc1CN1CCCC1. The van der Waals surface area contributed by atoms with Gasteiger partial charge in [0, 0.05) is 11.0 Å². The summed E-state index contributed by atoms with van der Waals surface area (Å²) in [6.07, 6.45) is 2.73. The Labute approximate surface area is 87.9 Å². The summed E-state index contributed by atoms with van der Waals surface area (Å²) >= 11 is 3.58. The van der Waals surface area contributed by atoms with Crippen molar-refractivity contribution in [3.05, 3.63) is 34.3 Å². The quantitative estimate of drug-likeness (QED) is 0.767. The molecule has 1 aromatic rings. The van der Waals surface area contributed by atoms with E-state index in [0.717, 1.165) is 6.54 Å². The van der Waals surface area contributed by atoms with Crippen LogP contribution in [0, 0.1) is 0 Å². The number of nitrogens with zero attached hydrogens (tertiary/aromatic N) is 1. The number of hydrogen-bond donors (Lipinski definition) is 0. The molecule has 2 rings (SSSR count). The summed E-state index contributed by atoms with van der Waals surface area (Å²) in [7, 11) is 0. The lowest BCUT2D eigenvalue weighted by Crippen LogP contribution is -2.18. The van der Waals surface area contributed by atoms with E-state index in [9.17, 15) is 0 Å². The van der Waals surface area contributed by atoms with Gasteiger partial charge in [-0.05, 0) is 37.6 Å². The molecule has 1 aliphatic rings. The maximum absolute atomic E-state index is 3.58. The molecule has 1 aromatic carbocycles. The lowest BCUT2D eigenvalue weighted by molar-refractivity contribution is 0.331. The largest absolute Gasteiger partial charge is 0.299 e. The van der Waals surface area contributed by atoms with Crippen molar-refractivity contribution in [2.24, 2.45) is 0 Å². The average Bonchev–Trinajstić information content (AvgIpc) is 2.61. The van der Waals surface area contributed by atoms with E-state index < -0.39 is 0 Å². The molecule has 2 heteroatoms. The van der Waals surface area contributed by atoms with Crippen LogP contribution in [0.5, 0.6) is 0 Å². The first kappa shape index (κ1) is 9.22. The summed E-state index contributed by atoms with van der Waals surface area (Å²) in [6, 6.07) is 8.49. The summed E-state index contributed by atoms with van der Waals surface area (Å²) in [4.78, 5) is 2.51. The van der Waals surface area contributed by atoms with Crippen LogP contribution in [-0.2, 0) is 6.54 Å². The van der Waals surface area contributed by atoms with Gasteiger partial charge in [0.05, 0.1) is 0 Å². The normalized spacial score (nSPS) is 17.9. The Kier molecular flexibility index (Phi) is 3.01. The fraction of sp³-hybridized carbons (Fsp3) is 0.455. The van der Waals surface area contributed by atoms with Gasteiger partial charge >= 0.3 is 0 Å². The lowest BCUT2D eigenvalue weighted by Gasteiger charge is -2.15. The molecular weight excluding hydrogens is 226 g/mol. The van der Waals surface area contributed by atoms with Gasteiger partial charge in [-0.2, -0.15) is 0 Å². The fourth-order valence-electron chi connectivity index (χ4n) is 1.81. The van der Waals surface area contributed by atoms with Gasteiger partial charge in [0.15, 0.2) is 0 Å². The molecule has 0 atom stereocenters. The predicted molar refractivity (Wildman–Crippen MR) is 58.7 cm³/mol. The molecule has 1 heterocycles. The van der Waals surface area contributed by atoms with Gasteiger partial charge in [-0.15, -0.1) is 0 Å². The summed E-state index contributed by atoms with van der Waals surface area (Å²) in [5.74, 6) is 0. The second-order valence-corrected chi connectivity index (χ2v) is 4.43. The molecule has 0 radical (unpaired) electrons. The van der Waals surface area contributed by atoms with E-state index in [1.165, 1.54) is 36.0 Å². The van der Waals surface area contributed by atoms with Gasteiger partial charge in [-0.1, -0.05) is 34.1 Å². The van der Waals surface area contributed by atoms with E-state index in [1.807, 2.05) is 0 Å². The summed E-state index contributed by atoms with van der Waals surface area (Å²) in [5.41, 5.74) is 1.41. The predicted octanol–water partition coefficient (Wildman–Crippen LogP) is 3.04. The molecule has 1 saturated heterocycles. The first-order valence-electron chi connectivity index (χ1n) is 4.82. The smallest absolute Gasteiger partial charge is 0.0244 e. The van der Waals surface area contributed by atoms with Crippen molar-refractivity contribution < 1.29 is 0 Å². The van der Waals surface area contributed by atoms with Crippen molar-refractivity contribution >= 4 is 15.9 Å². The van der Waals surface area contributed by atoms with Crippen molar-refractivity contribution in [3.8, 4) is 0 Å². The zero-order valence-corrected chi connectivity index (χ0v) is 9.26. The highest BCUT2D eigenvalue weighted by atomic mass is 79.9. The van der Waals surface area contributed by atoms with E-state index in [1.54, 1.807) is 0 Å². The molecule has 0 aliphatic carbocycles. The number of likely N-dealkylation sites (tertiary alicyclic amines) is 1. The van der Waals surface area contributed by atoms with Crippen LogP contribution in [-0.4, -0.2) is 18.0 Å². The molecule has 0 spiro atoms. The molecular formula is C11H14BrN. The Hall–Kier alpha value is -0.340. The van der Waals surface area contributed by atoms with Crippen LogP contribution in [0.3, 0.4) is 0 Å².